The molecule has 120 valence electrons. The van der Waals surface area contributed by atoms with E-state index in [0.717, 1.165) is 16.5 Å². The van der Waals surface area contributed by atoms with Crippen LogP contribution in [0.4, 0.5) is 0 Å². The number of carbonyl (C=O) groups excluding carboxylic acids is 2. The van der Waals surface area contributed by atoms with Gasteiger partial charge in [-0.3, -0.25) is 4.79 Å². The van der Waals surface area contributed by atoms with E-state index in [4.69, 9.17) is 0 Å². The van der Waals surface area contributed by atoms with Gasteiger partial charge in [0.25, 0.3) is 5.91 Å². The van der Waals surface area contributed by atoms with Gasteiger partial charge in [0, 0.05) is 5.39 Å². The van der Waals surface area contributed by atoms with E-state index in [1.807, 2.05) is 30.3 Å². The summed E-state index contributed by atoms with van der Waals surface area (Å²) in [6, 6.07) is 16.8. The zero-order valence-electron chi connectivity index (χ0n) is 12.8. The van der Waals surface area contributed by atoms with E-state index in [-0.39, 0.29) is 11.4 Å². The van der Waals surface area contributed by atoms with E-state index < -0.39 is 11.9 Å². The largest absolute Gasteiger partial charge is 0.508 e. The molecule has 0 aliphatic carbocycles. The maximum Gasteiger partial charge on any atom is 0.270 e. The summed E-state index contributed by atoms with van der Waals surface area (Å²) in [5, 5.41) is 12.9. The van der Waals surface area contributed by atoms with Crippen LogP contribution < -0.4 is 5.32 Å². The molecular formula is C19H16N2O3. The van der Waals surface area contributed by atoms with Crippen LogP contribution in [0.5, 0.6) is 5.75 Å². The minimum atomic E-state index is -0.657. The van der Waals surface area contributed by atoms with Gasteiger partial charge in [0.15, 0.2) is 0 Å². The molecule has 0 saturated heterocycles. The highest BCUT2D eigenvalue weighted by atomic mass is 16.3. The van der Waals surface area contributed by atoms with Crippen molar-refractivity contribution in [1.29, 1.82) is 0 Å². The highest BCUT2D eigenvalue weighted by Crippen LogP contribution is 2.13. The predicted octanol–water partition coefficient (Wildman–Crippen LogP) is 2.48. The smallest absolute Gasteiger partial charge is 0.270 e. The first kappa shape index (κ1) is 15.7. The molecule has 0 spiro atoms. The molecule has 1 atom stereocenters. The first-order chi connectivity index (χ1) is 11.7. The maximum atomic E-state index is 12.3. The molecule has 2 N–H and O–H groups in total. The van der Waals surface area contributed by atoms with Crippen molar-refractivity contribution in [3.8, 4) is 5.75 Å². The van der Waals surface area contributed by atoms with Gasteiger partial charge in [0.1, 0.15) is 17.7 Å². The zero-order valence-corrected chi connectivity index (χ0v) is 12.8. The van der Waals surface area contributed by atoms with Gasteiger partial charge < -0.3 is 15.2 Å². The van der Waals surface area contributed by atoms with E-state index in [2.05, 4.69) is 10.3 Å². The lowest BCUT2D eigenvalue weighted by atomic mass is 10.1. The first-order valence-corrected chi connectivity index (χ1v) is 7.55. The number of pyridine rings is 1. The number of fused-ring (bicyclic) bond motifs is 1. The molecule has 0 fully saturated rings. The molecular weight excluding hydrogens is 304 g/mol. The standard InChI is InChI=1S/C19H16N2O3/c22-12-15(11-13-5-8-16(23)9-6-13)20-19(24)18-10-7-14-3-1-2-4-17(14)21-18/h1-10,12,15,23H,11H2,(H,20,24)/t15-/m0/s1. The molecule has 0 aliphatic heterocycles. The van der Waals surface area contributed by atoms with E-state index in [1.54, 1.807) is 30.3 Å². The van der Waals surface area contributed by atoms with Gasteiger partial charge in [0.2, 0.25) is 0 Å². The second-order valence-electron chi connectivity index (χ2n) is 5.48. The number of phenolic OH excluding ortho intramolecular Hbond substituents is 1. The number of para-hydroxylation sites is 1. The number of phenols is 1. The quantitative estimate of drug-likeness (QED) is 0.708. The SMILES string of the molecule is O=C[C@H](Cc1ccc(O)cc1)NC(=O)c1ccc2ccccc2n1. The molecule has 24 heavy (non-hydrogen) atoms. The van der Waals surface area contributed by atoms with Crippen molar-refractivity contribution in [1.82, 2.24) is 10.3 Å². The molecule has 5 heteroatoms. The maximum absolute atomic E-state index is 12.3. The lowest BCUT2D eigenvalue weighted by molar-refractivity contribution is -0.109. The third-order valence-electron chi connectivity index (χ3n) is 3.70. The summed E-state index contributed by atoms with van der Waals surface area (Å²) in [5.74, 6) is -0.234. The predicted molar refractivity (Wildman–Crippen MR) is 90.9 cm³/mol. The average molecular weight is 320 g/mol. The van der Waals surface area contributed by atoms with Crippen LogP contribution in [0.1, 0.15) is 16.1 Å². The highest BCUT2D eigenvalue weighted by Gasteiger charge is 2.15. The Morgan fingerprint density at radius 1 is 1.08 bits per heavy atom. The molecule has 0 saturated carbocycles. The Labute approximate surface area is 139 Å². The van der Waals surface area contributed by atoms with Crippen molar-refractivity contribution < 1.29 is 14.7 Å². The minimum Gasteiger partial charge on any atom is -0.508 e. The monoisotopic (exact) mass is 320 g/mol. The Balaban J connectivity index is 1.73. The molecule has 0 bridgehead atoms. The Bertz CT molecular complexity index is 875. The Hall–Kier alpha value is -3.21. The zero-order chi connectivity index (χ0) is 16.9. The molecule has 2 aromatic carbocycles. The minimum absolute atomic E-state index is 0.158. The van der Waals surface area contributed by atoms with Gasteiger partial charge in [-0.15, -0.1) is 0 Å². The fourth-order valence-corrected chi connectivity index (χ4v) is 2.45. The third-order valence-corrected chi connectivity index (χ3v) is 3.70. The summed E-state index contributed by atoms with van der Waals surface area (Å²) in [6.45, 7) is 0. The molecule has 1 amide bonds. The molecule has 0 unspecified atom stereocenters. The van der Waals surface area contributed by atoms with Crippen LogP contribution in [0.2, 0.25) is 0 Å². The van der Waals surface area contributed by atoms with Gasteiger partial charge >= 0.3 is 0 Å². The summed E-state index contributed by atoms with van der Waals surface area (Å²) in [7, 11) is 0. The second-order valence-corrected chi connectivity index (χ2v) is 5.48. The van der Waals surface area contributed by atoms with Crippen LogP contribution in [0.15, 0.2) is 60.7 Å². The number of carbonyl (C=O) groups is 2. The van der Waals surface area contributed by atoms with Gasteiger partial charge in [-0.1, -0.05) is 36.4 Å². The lowest BCUT2D eigenvalue weighted by Crippen LogP contribution is -2.38. The number of amides is 1. The van der Waals surface area contributed by atoms with Crippen molar-refractivity contribution in [2.24, 2.45) is 0 Å². The number of rotatable bonds is 5. The van der Waals surface area contributed by atoms with Crippen LogP contribution in [-0.2, 0) is 11.2 Å². The number of aldehydes is 1. The Kier molecular flexibility index (Phi) is 4.52. The Morgan fingerprint density at radius 2 is 1.83 bits per heavy atom. The molecule has 0 aliphatic rings. The molecule has 3 aromatic rings. The number of aromatic hydroxyl groups is 1. The van der Waals surface area contributed by atoms with Crippen molar-refractivity contribution in [3.05, 3.63) is 71.9 Å². The summed E-state index contributed by atoms with van der Waals surface area (Å²) < 4.78 is 0. The van der Waals surface area contributed by atoms with Gasteiger partial charge in [-0.25, -0.2) is 4.98 Å². The van der Waals surface area contributed by atoms with E-state index in [1.165, 1.54) is 0 Å². The summed E-state index contributed by atoms with van der Waals surface area (Å²) in [4.78, 5) is 27.9. The number of nitrogens with zero attached hydrogens (tertiary/aromatic N) is 1. The molecule has 1 heterocycles. The van der Waals surface area contributed by atoms with Crippen molar-refractivity contribution >= 4 is 23.1 Å². The second kappa shape index (κ2) is 6.91. The average Bonchev–Trinajstić information content (AvgIpc) is 2.62. The molecule has 5 nitrogen and oxygen atoms in total. The van der Waals surface area contributed by atoms with Gasteiger partial charge in [-0.2, -0.15) is 0 Å². The number of nitrogens with one attached hydrogen (secondary N) is 1. The lowest BCUT2D eigenvalue weighted by Gasteiger charge is -2.13. The van der Waals surface area contributed by atoms with Crippen LogP contribution in [0, 0.1) is 0 Å². The number of aromatic nitrogens is 1. The topological polar surface area (TPSA) is 79.3 Å². The van der Waals surface area contributed by atoms with Crippen LogP contribution in [0.3, 0.4) is 0 Å². The molecule has 3 rings (SSSR count). The normalized spacial score (nSPS) is 11.8. The third kappa shape index (κ3) is 3.57. The summed E-state index contributed by atoms with van der Waals surface area (Å²) in [6.07, 6.45) is 1.05. The van der Waals surface area contributed by atoms with Crippen molar-refractivity contribution in [2.45, 2.75) is 12.5 Å². The van der Waals surface area contributed by atoms with Crippen molar-refractivity contribution in [3.63, 3.8) is 0 Å². The number of hydrogen-bond donors (Lipinski definition) is 2. The number of hydrogen-bond acceptors (Lipinski definition) is 4. The number of benzene rings is 2. The van der Waals surface area contributed by atoms with Gasteiger partial charge in [-0.05, 0) is 36.2 Å². The fraction of sp³-hybridized carbons (Fsp3) is 0.105. The van der Waals surface area contributed by atoms with Gasteiger partial charge in [0.05, 0.1) is 11.6 Å². The first-order valence-electron chi connectivity index (χ1n) is 7.55. The fourth-order valence-electron chi connectivity index (χ4n) is 2.45. The van der Waals surface area contributed by atoms with Crippen LogP contribution >= 0.6 is 0 Å². The highest BCUT2D eigenvalue weighted by molar-refractivity contribution is 5.96. The summed E-state index contributed by atoms with van der Waals surface area (Å²) in [5.41, 5.74) is 1.84. The van der Waals surface area contributed by atoms with E-state index >= 15 is 0 Å². The summed E-state index contributed by atoms with van der Waals surface area (Å²) >= 11 is 0. The van der Waals surface area contributed by atoms with Crippen LogP contribution in [0.25, 0.3) is 10.9 Å². The van der Waals surface area contributed by atoms with E-state index in [0.29, 0.717) is 12.7 Å². The van der Waals surface area contributed by atoms with Crippen molar-refractivity contribution in [2.75, 3.05) is 0 Å². The Morgan fingerprint density at radius 3 is 2.58 bits per heavy atom. The van der Waals surface area contributed by atoms with E-state index in [9.17, 15) is 14.7 Å². The molecule has 0 radical (unpaired) electrons. The van der Waals surface area contributed by atoms with Crippen LogP contribution in [-0.4, -0.2) is 28.3 Å². The molecule has 1 aromatic heterocycles.